The minimum atomic E-state index is 0.454. The Morgan fingerprint density at radius 2 is 1.86 bits per heavy atom. The SMILES string of the molecule is Cc1ccc(COc2ccc3ccccc3c2Br)c(Cl)c1. The van der Waals surface area contributed by atoms with Crippen molar-refractivity contribution in [1.29, 1.82) is 0 Å². The maximum absolute atomic E-state index is 6.24. The molecule has 0 heterocycles. The van der Waals surface area contributed by atoms with Gasteiger partial charge in [-0.05, 0) is 51.3 Å². The van der Waals surface area contributed by atoms with E-state index >= 15 is 0 Å². The van der Waals surface area contributed by atoms with Crippen molar-refractivity contribution in [3.63, 3.8) is 0 Å². The van der Waals surface area contributed by atoms with Gasteiger partial charge in [-0.15, -0.1) is 0 Å². The van der Waals surface area contributed by atoms with Crippen molar-refractivity contribution in [1.82, 2.24) is 0 Å². The largest absolute Gasteiger partial charge is 0.488 e. The monoisotopic (exact) mass is 360 g/mol. The molecule has 0 saturated carbocycles. The molecular weight excluding hydrogens is 348 g/mol. The molecule has 0 bridgehead atoms. The zero-order valence-corrected chi connectivity index (χ0v) is 13.9. The Labute approximate surface area is 137 Å². The normalized spacial score (nSPS) is 10.8. The van der Waals surface area contributed by atoms with Gasteiger partial charge in [0.15, 0.2) is 0 Å². The smallest absolute Gasteiger partial charge is 0.134 e. The standard InChI is InChI=1S/C18H14BrClO/c1-12-6-7-14(16(20)10-12)11-21-17-9-8-13-4-2-3-5-15(13)18(17)19/h2-10H,11H2,1H3. The molecule has 0 unspecified atom stereocenters. The summed E-state index contributed by atoms with van der Waals surface area (Å²) in [7, 11) is 0. The number of benzene rings is 3. The van der Waals surface area contributed by atoms with Gasteiger partial charge in [-0.2, -0.15) is 0 Å². The second kappa shape index (κ2) is 6.08. The Balaban J connectivity index is 1.87. The fourth-order valence-electron chi connectivity index (χ4n) is 2.25. The predicted molar refractivity (Wildman–Crippen MR) is 92.2 cm³/mol. The molecule has 0 radical (unpaired) electrons. The number of fused-ring (bicyclic) bond motifs is 1. The fraction of sp³-hybridized carbons (Fsp3) is 0.111. The molecule has 0 aromatic heterocycles. The van der Waals surface area contributed by atoms with E-state index in [9.17, 15) is 0 Å². The molecule has 3 aromatic rings. The van der Waals surface area contributed by atoms with Gasteiger partial charge in [0.05, 0.1) is 4.47 Å². The van der Waals surface area contributed by atoms with Crippen LogP contribution in [-0.2, 0) is 6.61 Å². The van der Waals surface area contributed by atoms with Gasteiger partial charge in [-0.1, -0.05) is 54.1 Å². The average molecular weight is 362 g/mol. The first-order valence-electron chi connectivity index (χ1n) is 6.70. The van der Waals surface area contributed by atoms with Crippen LogP contribution in [0.15, 0.2) is 59.1 Å². The van der Waals surface area contributed by atoms with Gasteiger partial charge in [-0.25, -0.2) is 0 Å². The Morgan fingerprint density at radius 3 is 2.67 bits per heavy atom. The molecule has 21 heavy (non-hydrogen) atoms. The van der Waals surface area contributed by atoms with Crippen LogP contribution in [0.2, 0.25) is 5.02 Å². The Hall–Kier alpha value is -1.51. The van der Waals surface area contributed by atoms with Crippen LogP contribution in [0.1, 0.15) is 11.1 Å². The summed E-state index contributed by atoms with van der Waals surface area (Å²) in [5.41, 5.74) is 2.14. The van der Waals surface area contributed by atoms with E-state index in [1.807, 2.05) is 43.3 Å². The van der Waals surface area contributed by atoms with Gasteiger partial charge in [0.25, 0.3) is 0 Å². The van der Waals surface area contributed by atoms with Crippen molar-refractivity contribution >= 4 is 38.3 Å². The third-order valence-corrected chi connectivity index (χ3v) is 4.59. The lowest BCUT2D eigenvalue weighted by molar-refractivity contribution is 0.305. The number of hydrogen-bond acceptors (Lipinski definition) is 1. The van der Waals surface area contributed by atoms with Crippen LogP contribution < -0.4 is 4.74 Å². The topological polar surface area (TPSA) is 9.23 Å². The highest BCUT2D eigenvalue weighted by molar-refractivity contribution is 9.10. The molecule has 0 atom stereocenters. The van der Waals surface area contributed by atoms with E-state index < -0.39 is 0 Å². The summed E-state index contributed by atoms with van der Waals surface area (Å²) in [6, 6.07) is 18.3. The average Bonchev–Trinajstić information content (AvgIpc) is 2.48. The zero-order chi connectivity index (χ0) is 14.8. The molecule has 1 nitrogen and oxygen atoms in total. The maximum atomic E-state index is 6.24. The van der Waals surface area contributed by atoms with Crippen molar-refractivity contribution in [2.24, 2.45) is 0 Å². The van der Waals surface area contributed by atoms with Crippen LogP contribution in [0.5, 0.6) is 5.75 Å². The summed E-state index contributed by atoms with van der Waals surface area (Å²) in [4.78, 5) is 0. The summed E-state index contributed by atoms with van der Waals surface area (Å²) in [6.45, 7) is 2.48. The summed E-state index contributed by atoms with van der Waals surface area (Å²) in [6.07, 6.45) is 0. The van der Waals surface area contributed by atoms with Crippen LogP contribution in [0.3, 0.4) is 0 Å². The highest BCUT2D eigenvalue weighted by Crippen LogP contribution is 2.33. The summed E-state index contributed by atoms with van der Waals surface area (Å²) in [5, 5.41) is 3.07. The van der Waals surface area contributed by atoms with Gasteiger partial charge in [-0.3, -0.25) is 0 Å². The Kier molecular flexibility index (Phi) is 4.18. The molecule has 0 saturated heterocycles. The van der Waals surface area contributed by atoms with E-state index in [2.05, 4.69) is 34.1 Å². The molecule has 0 aliphatic carbocycles. The van der Waals surface area contributed by atoms with E-state index in [1.165, 1.54) is 5.39 Å². The summed E-state index contributed by atoms with van der Waals surface area (Å²) < 4.78 is 6.90. The van der Waals surface area contributed by atoms with Crippen LogP contribution >= 0.6 is 27.5 Å². The van der Waals surface area contributed by atoms with Crippen molar-refractivity contribution in [2.45, 2.75) is 13.5 Å². The minimum absolute atomic E-state index is 0.454. The first kappa shape index (κ1) is 14.4. The molecule has 0 N–H and O–H groups in total. The van der Waals surface area contributed by atoms with Crippen molar-refractivity contribution < 1.29 is 4.74 Å². The van der Waals surface area contributed by atoms with E-state index in [-0.39, 0.29) is 0 Å². The van der Waals surface area contributed by atoms with E-state index in [1.54, 1.807) is 0 Å². The van der Waals surface area contributed by atoms with Crippen LogP contribution in [-0.4, -0.2) is 0 Å². The molecule has 106 valence electrons. The Morgan fingerprint density at radius 1 is 1.05 bits per heavy atom. The molecule has 0 aliphatic rings. The fourth-order valence-corrected chi connectivity index (χ4v) is 3.15. The van der Waals surface area contributed by atoms with Crippen LogP contribution in [0.4, 0.5) is 0 Å². The van der Waals surface area contributed by atoms with Crippen LogP contribution in [0, 0.1) is 6.92 Å². The number of halogens is 2. The predicted octanol–water partition coefficient (Wildman–Crippen LogP) is 6.14. The third kappa shape index (κ3) is 3.07. The van der Waals surface area contributed by atoms with Gasteiger partial charge in [0, 0.05) is 10.6 Å². The zero-order valence-electron chi connectivity index (χ0n) is 11.6. The van der Waals surface area contributed by atoms with Crippen molar-refractivity contribution in [3.05, 3.63) is 75.2 Å². The van der Waals surface area contributed by atoms with Gasteiger partial charge in [0.2, 0.25) is 0 Å². The molecule has 3 heteroatoms. The van der Waals surface area contributed by atoms with E-state index in [0.29, 0.717) is 6.61 Å². The maximum Gasteiger partial charge on any atom is 0.134 e. The lowest BCUT2D eigenvalue weighted by atomic mass is 10.1. The molecule has 0 spiro atoms. The second-order valence-electron chi connectivity index (χ2n) is 4.98. The molecule has 0 fully saturated rings. The molecular formula is C18H14BrClO. The first-order valence-corrected chi connectivity index (χ1v) is 7.87. The molecule has 0 amide bonds. The minimum Gasteiger partial charge on any atom is -0.488 e. The quantitative estimate of drug-likeness (QED) is 0.544. The molecule has 3 rings (SSSR count). The van der Waals surface area contributed by atoms with E-state index in [0.717, 1.165) is 31.8 Å². The number of rotatable bonds is 3. The van der Waals surface area contributed by atoms with Crippen LogP contribution in [0.25, 0.3) is 10.8 Å². The first-order chi connectivity index (χ1) is 10.1. The Bertz CT molecular complexity index is 798. The lowest BCUT2D eigenvalue weighted by Gasteiger charge is -2.11. The number of hydrogen-bond donors (Lipinski definition) is 0. The van der Waals surface area contributed by atoms with Gasteiger partial charge in [0.1, 0.15) is 12.4 Å². The molecule has 0 aliphatic heterocycles. The van der Waals surface area contributed by atoms with Crippen molar-refractivity contribution in [2.75, 3.05) is 0 Å². The lowest BCUT2D eigenvalue weighted by Crippen LogP contribution is -1.97. The number of ether oxygens (including phenoxy) is 1. The summed E-state index contributed by atoms with van der Waals surface area (Å²) in [5.74, 6) is 0.824. The van der Waals surface area contributed by atoms with Gasteiger partial charge < -0.3 is 4.74 Å². The third-order valence-electron chi connectivity index (χ3n) is 3.42. The van der Waals surface area contributed by atoms with E-state index in [4.69, 9.17) is 16.3 Å². The summed E-state index contributed by atoms with van der Waals surface area (Å²) >= 11 is 9.87. The van der Waals surface area contributed by atoms with Crippen molar-refractivity contribution in [3.8, 4) is 5.75 Å². The second-order valence-corrected chi connectivity index (χ2v) is 6.18. The highest BCUT2D eigenvalue weighted by atomic mass is 79.9. The highest BCUT2D eigenvalue weighted by Gasteiger charge is 2.07. The molecule has 3 aromatic carbocycles. The number of aryl methyl sites for hydroxylation is 1. The van der Waals surface area contributed by atoms with Gasteiger partial charge >= 0.3 is 0 Å².